The lowest BCUT2D eigenvalue weighted by molar-refractivity contribution is -0.0505. The number of ether oxygens (including phenoxy) is 1. The number of rotatable bonds is 2. The van der Waals surface area contributed by atoms with Gasteiger partial charge in [-0.1, -0.05) is 29.3 Å². The summed E-state index contributed by atoms with van der Waals surface area (Å²) in [7, 11) is 0. The van der Waals surface area contributed by atoms with Gasteiger partial charge in [0.15, 0.2) is 0 Å². The van der Waals surface area contributed by atoms with E-state index in [2.05, 4.69) is 6.07 Å². The Bertz CT molecular complexity index is 478. The third-order valence-corrected chi connectivity index (χ3v) is 4.02. The molecule has 0 radical (unpaired) electrons. The van der Waals surface area contributed by atoms with Crippen LogP contribution in [0.4, 0.5) is 0 Å². The molecule has 1 aromatic carbocycles. The van der Waals surface area contributed by atoms with Crippen LogP contribution < -0.4 is 0 Å². The van der Waals surface area contributed by atoms with E-state index in [1.165, 1.54) is 0 Å². The quantitative estimate of drug-likeness (QED) is 0.907. The summed E-state index contributed by atoms with van der Waals surface area (Å²) in [5.41, 5.74) is -0.300. The van der Waals surface area contributed by atoms with Crippen molar-refractivity contribution in [2.45, 2.75) is 18.9 Å². The normalized spacial score (nSPS) is 25.4. The number of nitriles is 1. The molecular weight excluding hydrogens is 273 g/mol. The second-order valence-corrected chi connectivity index (χ2v) is 5.31. The van der Waals surface area contributed by atoms with Crippen LogP contribution in [0.2, 0.25) is 10.0 Å². The highest BCUT2D eigenvalue weighted by atomic mass is 35.5. The van der Waals surface area contributed by atoms with Crippen LogP contribution in [0, 0.1) is 16.7 Å². The van der Waals surface area contributed by atoms with Gasteiger partial charge in [0.25, 0.3) is 0 Å². The molecule has 1 saturated heterocycles. The van der Waals surface area contributed by atoms with Crippen molar-refractivity contribution < 1.29 is 9.84 Å². The molecule has 1 aliphatic rings. The molecule has 3 nitrogen and oxygen atoms in total. The minimum Gasteiger partial charge on any atom is -0.387 e. The van der Waals surface area contributed by atoms with Gasteiger partial charge >= 0.3 is 0 Å². The zero-order valence-corrected chi connectivity index (χ0v) is 11.2. The van der Waals surface area contributed by atoms with E-state index >= 15 is 0 Å². The van der Waals surface area contributed by atoms with E-state index in [1.54, 1.807) is 18.2 Å². The highest BCUT2D eigenvalue weighted by Crippen LogP contribution is 2.41. The van der Waals surface area contributed by atoms with Gasteiger partial charge in [-0.05, 0) is 30.5 Å². The van der Waals surface area contributed by atoms with Gasteiger partial charge in [0.2, 0.25) is 0 Å². The molecule has 96 valence electrons. The summed E-state index contributed by atoms with van der Waals surface area (Å²) in [6.07, 6.45) is 0.467. The van der Waals surface area contributed by atoms with Crippen molar-refractivity contribution in [2.75, 3.05) is 13.2 Å². The molecule has 0 saturated carbocycles. The lowest BCUT2D eigenvalue weighted by Crippen LogP contribution is -2.36. The molecule has 18 heavy (non-hydrogen) atoms. The molecule has 1 fully saturated rings. The molecule has 2 unspecified atom stereocenters. The highest BCUT2D eigenvalue weighted by molar-refractivity contribution is 6.42. The van der Waals surface area contributed by atoms with E-state index in [0.29, 0.717) is 28.6 Å². The number of benzene rings is 1. The smallest absolute Gasteiger partial charge is 0.111 e. The van der Waals surface area contributed by atoms with E-state index in [-0.39, 0.29) is 6.61 Å². The summed E-state index contributed by atoms with van der Waals surface area (Å²) in [5, 5.41) is 20.6. The Hall–Kier alpha value is -0.790. The maximum absolute atomic E-state index is 10.4. The number of halogens is 2. The topological polar surface area (TPSA) is 53.2 Å². The number of aliphatic hydroxyl groups excluding tert-OH is 1. The van der Waals surface area contributed by atoms with Crippen molar-refractivity contribution in [1.82, 2.24) is 0 Å². The van der Waals surface area contributed by atoms with Gasteiger partial charge < -0.3 is 9.84 Å². The fourth-order valence-corrected chi connectivity index (χ4v) is 2.49. The molecule has 0 spiro atoms. The summed E-state index contributed by atoms with van der Waals surface area (Å²) in [6.45, 7) is 0.877. The zero-order valence-electron chi connectivity index (χ0n) is 9.70. The monoisotopic (exact) mass is 285 g/mol. The summed E-state index contributed by atoms with van der Waals surface area (Å²) in [5.74, 6) is 0. The Balaban J connectivity index is 2.31. The van der Waals surface area contributed by atoms with Crippen LogP contribution in [0.1, 0.15) is 24.5 Å². The predicted octanol–water partition coefficient (Wildman–Crippen LogP) is 3.35. The van der Waals surface area contributed by atoms with E-state index in [9.17, 15) is 10.4 Å². The molecule has 2 atom stereocenters. The lowest BCUT2D eigenvalue weighted by Gasteiger charge is -2.35. The second kappa shape index (κ2) is 5.46. The van der Waals surface area contributed by atoms with Crippen molar-refractivity contribution in [3.8, 4) is 6.07 Å². The number of nitrogens with zero attached hydrogens (tertiary/aromatic N) is 1. The minimum absolute atomic E-state index is 0.241. The zero-order chi connectivity index (χ0) is 13.2. The van der Waals surface area contributed by atoms with Crippen LogP contribution in [0.15, 0.2) is 18.2 Å². The molecule has 0 aliphatic carbocycles. The minimum atomic E-state index is -0.919. The third-order valence-electron chi connectivity index (χ3n) is 3.28. The Morgan fingerprint density at radius 1 is 1.39 bits per heavy atom. The van der Waals surface area contributed by atoms with Crippen LogP contribution in [0.3, 0.4) is 0 Å². The average molecular weight is 286 g/mol. The van der Waals surface area contributed by atoms with Crippen LogP contribution in [0.5, 0.6) is 0 Å². The first-order valence-corrected chi connectivity index (χ1v) is 6.47. The number of hydrogen-bond donors (Lipinski definition) is 1. The van der Waals surface area contributed by atoms with E-state index in [4.69, 9.17) is 27.9 Å². The summed E-state index contributed by atoms with van der Waals surface area (Å²) in [6, 6.07) is 7.11. The second-order valence-electron chi connectivity index (χ2n) is 4.50. The molecule has 1 N–H and O–H groups in total. The van der Waals surface area contributed by atoms with Gasteiger partial charge in [0, 0.05) is 6.61 Å². The predicted molar refractivity (Wildman–Crippen MR) is 69.5 cm³/mol. The molecule has 2 rings (SSSR count). The summed E-state index contributed by atoms with van der Waals surface area (Å²) in [4.78, 5) is 0. The van der Waals surface area contributed by atoms with Gasteiger partial charge in [-0.3, -0.25) is 0 Å². The van der Waals surface area contributed by atoms with Crippen molar-refractivity contribution in [1.29, 1.82) is 5.26 Å². The maximum atomic E-state index is 10.4. The summed E-state index contributed by atoms with van der Waals surface area (Å²) >= 11 is 11.8. The first-order valence-electron chi connectivity index (χ1n) is 5.71. The Kier molecular flexibility index (Phi) is 4.14. The SMILES string of the molecule is N#CC1(C(O)c2ccc(Cl)c(Cl)c2)CCCOC1. The van der Waals surface area contributed by atoms with Crippen molar-refractivity contribution in [2.24, 2.45) is 5.41 Å². The largest absolute Gasteiger partial charge is 0.387 e. The standard InChI is InChI=1S/C13H13Cl2NO2/c14-10-3-2-9(6-11(10)15)12(17)13(7-16)4-1-5-18-8-13/h2-3,6,12,17H,1,4-5,8H2. The molecule has 1 aromatic rings. The van der Waals surface area contributed by atoms with Crippen LogP contribution >= 0.6 is 23.2 Å². The third kappa shape index (κ3) is 2.48. The molecule has 0 aromatic heterocycles. The Morgan fingerprint density at radius 2 is 2.17 bits per heavy atom. The maximum Gasteiger partial charge on any atom is 0.111 e. The molecule has 0 amide bonds. The van der Waals surface area contributed by atoms with Crippen LogP contribution in [-0.4, -0.2) is 18.3 Å². The molecular formula is C13H13Cl2NO2. The van der Waals surface area contributed by atoms with Gasteiger partial charge in [0.05, 0.1) is 28.8 Å². The number of hydrogen-bond acceptors (Lipinski definition) is 3. The first-order chi connectivity index (χ1) is 8.59. The van der Waals surface area contributed by atoms with Crippen molar-refractivity contribution in [3.05, 3.63) is 33.8 Å². The molecule has 1 aliphatic heterocycles. The van der Waals surface area contributed by atoms with E-state index < -0.39 is 11.5 Å². The molecule has 5 heteroatoms. The van der Waals surface area contributed by atoms with Crippen molar-refractivity contribution >= 4 is 23.2 Å². The molecule has 0 bridgehead atoms. The highest BCUT2D eigenvalue weighted by Gasteiger charge is 2.41. The van der Waals surface area contributed by atoms with E-state index in [0.717, 1.165) is 6.42 Å². The fraction of sp³-hybridized carbons (Fsp3) is 0.462. The Morgan fingerprint density at radius 3 is 2.72 bits per heavy atom. The van der Waals surface area contributed by atoms with Crippen LogP contribution in [0.25, 0.3) is 0 Å². The lowest BCUT2D eigenvalue weighted by atomic mass is 9.76. The number of aliphatic hydroxyl groups is 1. The van der Waals surface area contributed by atoms with Crippen molar-refractivity contribution in [3.63, 3.8) is 0 Å². The van der Waals surface area contributed by atoms with Gasteiger partial charge in [-0.2, -0.15) is 5.26 Å². The van der Waals surface area contributed by atoms with Gasteiger partial charge in [0.1, 0.15) is 5.41 Å². The average Bonchev–Trinajstić information content (AvgIpc) is 2.42. The molecule has 1 heterocycles. The fourth-order valence-electron chi connectivity index (χ4n) is 2.18. The van der Waals surface area contributed by atoms with Crippen LogP contribution in [-0.2, 0) is 4.74 Å². The summed E-state index contributed by atoms with van der Waals surface area (Å²) < 4.78 is 5.33. The van der Waals surface area contributed by atoms with Gasteiger partial charge in [-0.25, -0.2) is 0 Å². The van der Waals surface area contributed by atoms with Gasteiger partial charge in [-0.15, -0.1) is 0 Å². The first kappa shape index (κ1) is 13.6. The van der Waals surface area contributed by atoms with E-state index in [1.807, 2.05) is 0 Å². The Labute approximate surface area is 116 Å².